The van der Waals surface area contributed by atoms with E-state index in [2.05, 4.69) is 42.4 Å². The fourth-order valence-corrected chi connectivity index (χ4v) is 1.61. The van der Waals surface area contributed by atoms with Crippen LogP contribution in [0.1, 0.15) is 66.8 Å². The van der Waals surface area contributed by atoms with Gasteiger partial charge in [0.05, 0.1) is 12.7 Å². The van der Waals surface area contributed by atoms with Gasteiger partial charge in [-0.1, -0.05) is 47.6 Å². The molecule has 5 nitrogen and oxygen atoms in total. The normalized spacial score (nSPS) is 11.7. The Morgan fingerprint density at radius 1 is 1.17 bits per heavy atom. The molecule has 0 bridgehead atoms. The molecule has 8 heteroatoms. The van der Waals surface area contributed by atoms with E-state index in [-0.39, 0.29) is 5.52 Å². The molecule has 2 N–H and O–H groups in total. The largest absolute Gasteiger partial charge is 0.500 e. The molecule has 172 valence electrons. The Hall–Kier alpha value is -2.51. The van der Waals surface area contributed by atoms with Gasteiger partial charge in [0.25, 0.3) is 0 Å². The van der Waals surface area contributed by atoms with Gasteiger partial charge in [0.15, 0.2) is 5.65 Å². The second-order valence-corrected chi connectivity index (χ2v) is 7.57. The number of imidazole rings is 1. The minimum absolute atomic E-state index is 0.246. The van der Waals surface area contributed by atoms with E-state index in [0.717, 1.165) is 18.0 Å². The van der Waals surface area contributed by atoms with Crippen LogP contribution in [0.25, 0.3) is 17.2 Å². The average molecular weight is 431 g/mol. The fourth-order valence-electron chi connectivity index (χ4n) is 1.61. The Labute approximate surface area is 178 Å². The van der Waals surface area contributed by atoms with Crippen LogP contribution < -0.4 is 5.73 Å². The van der Waals surface area contributed by atoms with Gasteiger partial charge in [-0.25, -0.2) is 9.97 Å². The van der Waals surface area contributed by atoms with Crippen molar-refractivity contribution in [2.45, 2.75) is 61.6 Å². The molecule has 0 aliphatic heterocycles. The first-order chi connectivity index (χ1) is 13.7. The number of nitrogens with zero attached hydrogens (tertiary/aromatic N) is 3. The number of allylic oxidation sites excluding steroid dienone is 2. The van der Waals surface area contributed by atoms with Crippen molar-refractivity contribution in [2.75, 3.05) is 7.11 Å². The zero-order valence-corrected chi connectivity index (χ0v) is 19.8. The molecule has 2 rings (SSSR count). The summed E-state index contributed by atoms with van der Waals surface area (Å²) >= 11 is 0. The molecule has 0 atom stereocenters. The van der Waals surface area contributed by atoms with Crippen LogP contribution in [0.5, 0.6) is 0 Å². The Kier molecular flexibility index (Phi) is 13.5. The van der Waals surface area contributed by atoms with Gasteiger partial charge in [-0.15, -0.1) is 0 Å². The molecule has 0 unspecified atom stereocenters. The van der Waals surface area contributed by atoms with Gasteiger partial charge in [-0.2, -0.15) is 13.2 Å². The van der Waals surface area contributed by atoms with Crippen molar-refractivity contribution in [1.29, 1.82) is 0 Å². The summed E-state index contributed by atoms with van der Waals surface area (Å²) < 4.78 is 43.7. The number of aromatic nitrogens is 3. The van der Waals surface area contributed by atoms with E-state index in [1.54, 1.807) is 37.8 Å². The first-order valence-corrected chi connectivity index (χ1v) is 9.69. The molecule has 0 aromatic carbocycles. The number of nitrogens with two attached hydrogens (primary N) is 1. The number of rotatable bonds is 2. The third-order valence-corrected chi connectivity index (χ3v) is 2.94. The number of aryl methyl sites for hydroxylation is 1. The van der Waals surface area contributed by atoms with Crippen LogP contribution in [0.4, 0.5) is 13.2 Å². The highest BCUT2D eigenvalue weighted by Gasteiger charge is 2.31. The first-order valence-electron chi connectivity index (χ1n) is 9.69. The number of pyridine rings is 1. The predicted molar refractivity (Wildman–Crippen MR) is 120 cm³/mol. The smallest absolute Gasteiger partial charge is 0.417 e. The summed E-state index contributed by atoms with van der Waals surface area (Å²) in [4.78, 5) is 7.89. The van der Waals surface area contributed by atoms with Gasteiger partial charge in [0.1, 0.15) is 17.1 Å². The number of fused-ring (bicyclic) bond motifs is 1. The molecule has 2 heterocycles. The summed E-state index contributed by atoms with van der Waals surface area (Å²) in [6.45, 7) is 16.4. The monoisotopic (exact) mass is 430 g/mol. The van der Waals surface area contributed by atoms with E-state index in [0.29, 0.717) is 16.9 Å². The number of methoxy groups -OCH3 is 1. The van der Waals surface area contributed by atoms with Crippen LogP contribution in [0, 0.1) is 5.41 Å². The van der Waals surface area contributed by atoms with E-state index >= 15 is 0 Å². The molecule has 2 aromatic rings. The maximum Gasteiger partial charge on any atom is 0.417 e. The highest BCUT2D eigenvalue weighted by atomic mass is 19.4. The Morgan fingerprint density at radius 2 is 1.67 bits per heavy atom. The number of hydrogen-bond acceptors (Lipinski definition) is 4. The molecule has 0 spiro atoms. The molecule has 0 aliphatic carbocycles. The molecule has 0 aliphatic rings. The lowest BCUT2D eigenvalue weighted by atomic mass is 10.0. The molecule has 2 aromatic heterocycles. The van der Waals surface area contributed by atoms with Crippen molar-refractivity contribution in [1.82, 2.24) is 14.5 Å². The second kappa shape index (κ2) is 13.7. The van der Waals surface area contributed by atoms with Gasteiger partial charge in [0, 0.05) is 19.4 Å². The topological polar surface area (TPSA) is 66.0 Å². The molecular formula is C22H37F3N4O. The Morgan fingerprint density at radius 3 is 2.00 bits per heavy atom. The predicted octanol–water partition coefficient (Wildman–Crippen LogP) is 6.55. The van der Waals surface area contributed by atoms with Crippen molar-refractivity contribution in [3.8, 4) is 0 Å². The van der Waals surface area contributed by atoms with E-state index in [1.807, 2.05) is 20.8 Å². The van der Waals surface area contributed by atoms with Gasteiger partial charge in [-0.3, -0.25) is 0 Å². The van der Waals surface area contributed by atoms with Crippen molar-refractivity contribution in [3.05, 3.63) is 41.7 Å². The molecule has 0 amide bonds. The lowest BCUT2D eigenvalue weighted by molar-refractivity contribution is -0.137. The number of halogens is 3. The molecule has 0 radical (unpaired) electrons. The fraction of sp³-hybridized carbons (Fsp3) is 0.545. The maximum atomic E-state index is 12.5. The number of alkyl halides is 3. The van der Waals surface area contributed by atoms with Gasteiger partial charge < -0.3 is 15.0 Å². The molecule has 0 saturated carbocycles. The van der Waals surface area contributed by atoms with E-state index in [1.165, 1.54) is 6.20 Å². The summed E-state index contributed by atoms with van der Waals surface area (Å²) in [5.41, 5.74) is 5.40. The standard InChI is InChI=1S/C11H10F3N3.C5H12.C4H9NO.C2H6/c1-3-4-9-16-8-5-7(11(12,13)14)6-15-10(8)17(9)2;1-5(2,3)4;1-4(3-5)6-2;1-2/h3-6H,1-2H3;1-4H3;3H,5H2,1-2H3;1-2H3/b4-3+;;4-3+;. The van der Waals surface area contributed by atoms with Crippen LogP contribution >= 0.6 is 0 Å². The van der Waals surface area contributed by atoms with E-state index in [4.69, 9.17) is 5.73 Å². The quantitative estimate of drug-likeness (QED) is 0.549. The molecule has 0 fully saturated rings. The van der Waals surface area contributed by atoms with Crippen LogP contribution in [-0.4, -0.2) is 21.6 Å². The van der Waals surface area contributed by atoms with E-state index in [9.17, 15) is 13.2 Å². The summed E-state index contributed by atoms with van der Waals surface area (Å²) in [6, 6.07) is 1.01. The van der Waals surface area contributed by atoms with Crippen LogP contribution in [-0.2, 0) is 18.0 Å². The van der Waals surface area contributed by atoms with Gasteiger partial charge in [0.2, 0.25) is 0 Å². The third-order valence-electron chi connectivity index (χ3n) is 2.94. The highest BCUT2D eigenvalue weighted by Crippen LogP contribution is 2.30. The number of ether oxygens (including phenoxy) is 1. The highest BCUT2D eigenvalue weighted by molar-refractivity contribution is 5.74. The summed E-state index contributed by atoms with van der Waals surface area (Å²) in [7, 11) is 3.30. The molecule has 30 heavy (non-hydrogen) atoms. The van der Waals surface area contributed by atoms with Crippen molar-refractivity contribution < 1.29 is 17.9 Å². The molecule has 0 saturated heterocycles. The number of hydrogen-bond donors (Lipinski definition) is 1. The van der Waals surface area contributed by atoms with E-state index < -0.39 is 11.7 Å². The van der Waals surface area contributed by atoms with Crippen molar-refractivity contribution in [2.24, 2.45) is 18.2 Å². The van der Waals surface area contributed by atoms with Crippen LogP contribution in [0.2, 0.25) is 0 Å². The third kappa shape index (κ3) is 12.1. The second-order valence-electron chi connectivity index (χ2n) is 7.57. The maximum absolute atomic E-state index is 12.5. The lowest BCUT2D eigenvalue weighted by Crippen LogP contribution is -2.05. The summed E-state index contributed by atoms with van der Waals surface area (Å²) in [6.07, 6.45) is 1.34. The Balaban J connectivity index is 0. The lowest BCUT2D eigenvalue weighted by Gasteiger charge is -2.05. The Bertz CT molecular complexity index is 795. The summed E-state index contributed by atoms with van der Waals surface area (Å²) in [5.74, 6) is 1.32. The van der Waals surface area contributed by atoms with Crippen LogP contribution in [0.15, 0.2) is 30.3 Å². The van der Waals surface area contributed by atoms with Gasteiger partial charge in [-0.05, 0) is 31.4 Å². The first kappa shape index (κ1) is 29.7. The minimum atomic E-state index is -4.39. The zero-order chi connectivity index (χ0) is 24.1. The van der Waals surface area contributed by atoms with Crippen molar-refractivity contribution in [3.63, 3.8) is 0 Å². The molecular weight excluding hydrogens is 393 g/mol. The zero-order valence-electron chi connectivity index (χ0n) is 19.8. The van der Waals surface area contributed by atoms with Crippen LogP contribution in [0.3, 0.4) is 0 Å². The minimum Gasteiger partial charge on any atom is -0.500 e. The van der Waals surface area contributed by atoms with Gasteiger partial charge >= 0.3 is 6.18 Å². The SMILES string of the molecule is C/C=C/c1nc2cc(C(F)(F)F)cnc2n1C.CC.CC(C)(C)C.CO/C(C)=C/N. The summed E-state index contributed by atoms with van der Waals surface area (Å²) in [5, 5.41) is 0. The average Bonchev–Trinajstić information content (AvgIpc) is 2.97. The van der Waals surface area contributed by atoms with Crippen molar-refractivity contribution >= 4 is 17.2 Å².